The second-order valence-electron chi connectivity index (χ2n) is 5.06. The number of nitrogens with one attached hydrogen (secondary N) is 3. The monoisotopic (exact) mass is 417 g/mol. The molecule has 0 radical (unpaired) electrons. The number of hydrogen-bond acceptors (Lipinski definition) is 3. The minimum Gasteiger partial charge on any atom is -0.356 e. The minimum atomic E-state index is 0. The van der Waals surface area contributed by atoms with Crippen LogP contribution >= 0.6 is 24.0 Å². The molecule has 1 aliphatic rings. The third-order valence-corrected chi connectivity index (χ3v) is 3.29. The molecular formula is C15H24IN5O. The summed E-state index contributed by atoms with van der Waals surface area (Å²) in [5.41, 5.74) is 1.05. The fourth-order valence-corrected chi connectivity index (χ4v) is 1.93. The highest BCUT2D eigenvalue weighted by Crippen LogP contribution is 2.28. The number of carbonyl (C=O) groups is 1. The van der Waals surface area contributed by atoms with Crippen LogP contribution < -0.4 is 16.0 Å². The predicted molar refractivity (Wildman–Crippen MR) is 98.5 cm³/mol. The molecule has 122 valence electrons. The fraction of sp³-hybridized carbons (Fsp3) is 0.533. The van der Waals surface area contributed by atoms with Crippen LogP contribution in [0.4, 0.5) is 0 Å². The average Bonchev–Trinajstić information content (AvgIpc) is 3.35. The summed E-state index contributed by atoms with van der Waals surface area (Å²) in [4.78, 5) is 19.9. The maximum absolute atomic E-state index is 11.5. The van der Waals surface area contributed by atoms with E-state index in [-0.39, 0.29) is 35.8 Å². The first-order chi connectivity index (χ1) is 10.3. The summed E-state index contributed by atoms with van der Waals surface area (Å²) in [7, 11) is 1.73. The molecule has 1 amide bonds. The molecule has 1 fully saturated rings. The van der Waals surface area contributed by atoms with Crippen LogP contribution in [0, 0.1) is 5.92 Å². The second-order valence-corrected chi connectivity index (χ2v) is 5.06. The summed E-state index contributed by atoms with van der Waals surface area (Å²) < 4.78 is 0. The predicted octanol–water partition coefficient (Wildman–Crippen LogP) is 0.933. The van der Waals surface area contributed by atoms with Crippen LogP contribution in [-0.4, -0.2) is 43.5 Å². The standard InChI is InChI=1S/C15H23N5O.HI/c1-16-15(19-9-7-13-4-2-3-8-17-13)20-11-10-18-14(21)12-5-6-12;/h2-4,8,12H,5-7,9-11H2,1H3,(H,18,21)(H2,16,19,20);1H. The van der Waals surface area contributed by atoms with Crippen LogP contribution in [0.5, 0.6) is 0 Å². The third-order valence-electron chi connectivity index (χ3n) is 3.29. The summed E-state index contributed by atoms with van der Waals surface area (Å²) in [6.45, 7) is 2.06. The Labute approximate surface area is 148 Å². The Morgan fingerprint density at radius 3 is 2.59 bits per heavy atom. The number of amides is 1. The van der Waals surface area contributed by atoms with Crippen LogP contribution in [0.1, 0.15) is 18.5 Å². The van der Waals surface area contributed by atoms with Gasteiger partial charge in [-0.25, -0.2) is 0 Å². The van der Waals surface area contributed by atoms with Crippen molar-refractivity contribution in [3.05, 3.63) is 30.1 Å². The van der Waals surface area contributed by atoms with Crippen molar-refractivity contribution in [1.29, 1.82) is 0 Å². The van der Waals surface area contributed by atoms with Crippen LogP contribution in [0.3, 0.4) is 0 Å². The maximum atomic E-state index is 11.5. The van der Waals surface area contributed by atoms with E-state index in [9.17, 15) is 4.79 Å². The maximum Gasteiger partial charge on any atom is 0.223 e. The largest absolute Gasteiger partial charge is 0.356 e. The highest BCUT2D eigenvalue weighted by atomic mass is 127. The molecule has 3 N–H and O–H groups in total. The van der Waals surface area contributed by atoms with Crippen LogP contribution in [0.2, 0.25) is 0 Å². The third kappa shape index (κ3) is 7.06. The van der Waals surface area contributed by atoms with E-state index in [0.717, 1.165) is 37.5 Å². The molecule has 6 nitrogen and oxygen atoms in total. The van der Waals surface area contributed by atoms with Crippen LogP contribution in [0.15, 0.2) is 29.4 Å². The van der Waals surface area contributed by atoms with Gasteiger partial charge < -0.3 is 16.0 Å². The van der Waals surface area contributed by atoms with E-state index in [1.807, 2.05) is 18.2 Å². The molecule has 0 atom stereocenters. The number of hydrogen-bond donors (Lipinski definition) is 3. The van der Waals surface area contributed by atoms with Gasteiger partial charge in [0, 0.05) is 50.9 Å². The van der Waals surface area contributed by atoms with Crippen LogP contribution in [-0.2, 0) is 11.2 Å². The Bertz CT molecular complexity index is 476. The van der Waals surface area contributed by atoms with E-state index >= 15 is 0 Å². The van der Waals surface area contributed by atoms with Gasteiger partial charge in [-0.15, -0.1) is 24.0 Å². The van der Waals surface area contributed by atoms with Gasteiger partial charge in [0.2, 0.25) is 5.91 Å². The van der Waals surface area contributed by atoms with E-state index < -0.39 is 0 Å². The SMILES string of the molecule is CN=C(NCCNC(=O)C1CC1)NCCc1ccccn1.I. The molecule has 0 unspecified atom stereocenters. The van der Waals surface area contributed by atoms with Gasteiger partial charge in [-0.1, -0.05) is 6.07 Å². The van der Waals surface area contributed by atoms with E-state index in [2.05, 4.69) is 25.9 Å². The molecule has 0 saturated heterocycles. The Hall–Kier alpha value is -1.38. The van der Waals surface area contributed by atoms with Crippen molar-refractivity contribution < 1.29 is 4.79 Å². The lowest BCUT2D eigenvalue weighted by Crippen LogP contribution is -2.42. The molecular weight excluding hydrogens is 393 g/mol. The van der Waals surface area contributed by atoms with E-state index in [1.165, 1.54) is 0 Å². The normalized spacial score (nSPS) is 14.0. The van der Waals surface area contributed by atoms with Gasteiger partial charge in [0.1, 0.15) is 0 Å². The number of rotatable bonds is 7. The van der Waals surface area contributed by atoms with Gasteiger partial charge in [-0.3, -0.25) is 14.8 Å². The molecule has 1 saturated carbocycles. The highest BCUT2D eigenvalue weighted by molar-refractivity contribution is 14.0. The Morgan fingerprint density at radius 2 is 1.95 bits per heavy atom. The average molecular weight is 417 g/mol. The quantitative estimate of drug-likeness (QED) is 0.267. The Kier molecular flexibility index (Phi) is 8.79. The lowest BCUT2D eigenvalue weighted by molar-refractivity contribution is -0.122. The first kappa shape index (κ1) is 18.7. The van der Waals surface area contributed by atoms with Crippen LogP contribution in [0.25, 0.3) is 0 Å². The van der Waals surface area contributed by atoms with Crippen molar-refractivity contribution in [2.45, 2.75) is 19.3 Å². The van der Waals surface area contributed by atoms with Gasteiger partial charge in [0.25, 0.3) is 0 Å². The molecule has 1 aromatic rings. The van der Waals surface area contributed by atoms with Crippen molar-refractivity contribution in [3.63, 3.8) is 0 Å². The van der Waals surface area contributed by atoms with Gasteiger partial charge in [-0.05, 0) is 25.0 Å². The number of halogens is 1. The summed E-state index contributed by atoms with van der Waals surface area (Å²) >= 11 is 0. The van der Waals surface area contributed by atoms with E-state index in [1.54, 1.807) is 13.2 Å². The summed E-state index contributed by atoms with van der Waals surface area (Å²) in [5.74, 6) is 1.18. The number of aromatic nitrogens is 1. The molecule has 0 bridgehead atoms. The topological polar surface area (TPSA) is 78.4 Å². The molecule has 1 aromatic heterocycles. The highest BCUT2D eigenvalue weighted by Gasteiger charge is 2.28. The number of carbonyl (C=O) groups excluding carboxylic acids is 1. The molecule has 0 spiro atoms. The van der Waals surface area contributed by atoms with E-state index in [0.29, 0.717) is 13.1 Å². The number of nitrogens with zero attached hydrogens (tertiary/aromatic N) is 2. The van der Waals surface area contributed by atoms with Crippen molar-refractivity contribution in [2.24, 2.45) is 10.9 Å². The van der Waals surface area contributed by atoms with Crippen molar-refractivity contribution in [2.75, 3.05) is 26.7 Å². The van der Waals surface area contributed by atoms with Crippen molar-refractivity contribution in [3.8, 4) is 0 Å². The Balaban J connectivity index is 0.00000242. The lowest BCUT2D eigenvalue weighted by atomic mass is 10.3. The lowest BCUT2D eigenvalue weighted by Gasteiger charge is -2.12. The molecule has 1 heterocycles. The summed E-state index contributed by atoms with van der Waals surface area (Å²) in [6, 6.07) is 5.90. The van der Waals surface area contributed by atoms with Gasteiger partial charge in [0.15, 0.2) is 5.96 Å². The fourth-order valence-electron chi connectivity index (χ4n) is 1.93. The zero-order valence-electron chi connectivity index (χ0n) is 12.8. The molecule has 7 heteroatoms. The summed E-state index contributed by atoms with van der Waals surface area (Å²) in [6.07, 6.45) is 4.72. The zero-order valence-corrected chi connectivity index (χ0v) is 15.2. The Morgan fingerprint density at radius 1 is 1.23 bits per heavy atom. The smallest absolute Gasteiger partial charge is 0.223 e. The molecule has 22 heavy (non-hydrogen) atoms. The van der Waals surface area contributed by atoms with Crippen molar-refractivity contribution >= 4 is 35.8 Å². The molecule has 0 aliphatic heterocycles. The van der Waals surface area contributed by atoms with Gasteiger partial charge in [0.05, 0.1) is 0 Å². The first-order valence-corrected chi connectivity index (χ1v) is 7.41. The number of guanidine groups is 1. The molecule has 1 aliphatic carbocycles. The molecule has 0 aromatic carbocycles. The van der Waals surface area contributed by atoms with Crippen molar-refractivity contribution in [1.82, 2.24) is 20.9 Å². The molecule has 2 rings (SSSR count). The van der Waals surface area contributed by atoms with Gasteiger partial charge >= 0.3 is 0 Å². The van der Waals surface area contributed by atoms with E-state index in [4.69, 9.17) is 0 Å². The minimum absolute atomic E-state index is 0. The second kappa shape index (κ2) is 10.4. The summed E-state index contributed by atoms with van der Waals surface area (Å²) in [5, 5.41) is 9.31. The first-order valence-electron chi connectivity index (χ1n) is 7.41. The van der Waals surface area contributed by atoms with Gasteiger partial charge in [-0.2, -0.15) is 0 Å². The number of aliphatic imine (C=N–C) groups is 1. The zero-order chi connectivity index (χ0) is 14.9. The number of pyridine rings is 1.